The van der Waals surface area contributed by atoms with E-state index in [1.165, 1.54) is 76.6 Å². The fourth-order valence-corrected chi connectivity index (χ4v) is 5.46. The molecule has 1 heterocycles. The molecule has 2 nitrogen and oxygen atoms in total. The summed E-state index contributed by atoms with van der Waals surface area (Å²) in [6, 6.07) is 8.92. The van der Waals surface area contributed by atoms with Gasteiger partial charge in [0.15, 0.2) is 0 Å². The smallest absolute Gasteiger partial charge is 0.119 e. The highest BCUT2D eigenvalue weighted by atomic mass is 16.5. The predicted molar refractivity (Wildman–Crippen MR) is 106 cm³/mol. The standard InChI is InChI=1S/C23H37NO/c1-4-19(5-2)9-8-15-24-16-14-23(13-7-11-21(23)18-24)20-10-6-12-22(17-20)25-3/h6,10,12,17,19,21H,4-5,7-9,11,13-16,18H2,1-3H3. The summed E-state index contributed by atoms with van der Waals surface area (Å²) < 4.78 is 5.50. The second-order valence-corrected chi connectivity index (χ2v) is 8.35. The zero-order valence-corrected chi connectivity index (χ0v) is 16.6. The van der Waals surface area contributed by atoms with E-state index in [9.17, 15) is 0 Å². The minimum absolute atomic E-state index is 0.417. The van der Waals surface area contributed by atoms with E-state index in [-0.39, 0.29) is 0 Å². The number of ether oxygens (including phenoxy) is 1. The average Bonchev–Trinajstić information content (AvgIpc) is 3.09. The third-order valence-electron chi connectivity index (χ3n) is 7.20. The molecule has 0 radical (unpaired) electrons. The number of rotatable bonds is 8. The van der Waals surface area contributed by atoms with Crippen LogP contribution in [0.5, 0.6) is 5.75 Å². The van der Waals surface area contributed by atoms with E-state index >= 15 is 0 Å². The third-order valence-corrected chi connectivity index (χ3v) is 7.20. The number of nitrogens with zero attached hydrogens (tertiary/aromatic N) is 1. The summed E-state index contributed by atoms with van der Waals surface area (Å²) in [6.07, 6.45) is 11.0. The minimum atomic E-state index is 0.417. The SMILES string of the molecule is CCC(CC)CCCN1CCC2(c3cccc(OC)c3)CCCC2C1. The maximum atomic E-state index is 5.50. The molecular weight excluding hydrogens is 306 g/mol. The topological polar surface area (TPSA) is 12.5 Å². The summed E-state index contributed by atoms with van der Waals surface area (Å²) in [6.45, 7) is 8.57. The lowest BCUT2D eigenvalue weighted by Crippen LogP contribution is -2.47. The molecule has 2 heteroatoms. The molecule has 1 aromatic rings. The van der Waals surface area contributed by atoms with E-state index in [4.69, 9.17) is 4.74 Å². The molecule has 1 saturated heterocycles. The van der Waals surface area contributed by atoms with E-state index < -0.39 is 0 Å². The number of methoxy groups -OCH3 is 1. The van der Waals surface area contributed by atoms with Crippen LogP contribution in [0.15, 0.2) is 24.3 Å². The maximum Gasteiger partial charge on any atom is 0.119 e. The van der Waals surface area contributed by atoms with Gasteiger partial charge in [0, 0.05) is 12.0 Å². The Labute approximate surface area is 154 Å². The third kappa shape index (κ3) is 4.05. The first-order valence-corrected chi connectivity index (χ1v) is 10.6. The van der Waals surface area contributed by atoms with Crippen molar-refractivity contribution in [2.45, 2.75) is 70.6 Å². The van der Waals surface area contributed by atoms with Crippen LogP contribution in [-0.2, 0) is 5.41 Å². The highest BCUT2D eigenvalue weighted by Gasteiger charge is 2.47. The number of hydrogen-bond donors (Lipinski definition) is 0. The van der Waals surface area contributed by atoms with Crippen molar-refractivity contribution in [1.29, 1.82) is 0 Å². The normalized spacial score (nSPS) is 26.8. The lowest BCUT2D eigenvalue weighted by atomic mass is 9.67. The second kappa shape index (κ2) is 8.58. The van der Waals surface area contributed by atoms with E-state index in [2.05, 4.69) is 43.0 Å². The first-order valence-electron chi connectivity index (χ1n) is 10.6. The highest BCUT2D eigenvalue weighted by molar-refractivity contribution is 5.36. The van der Waals surface area contributed by atoms with Gasteiger partial charge in [-0.3, -0.25) is 0 Å². The number of benzene rings is 1. The van der Waals surface area contributed by atoms with Crippen LogP contribution in [-0.4, -0.2) is 31.6 Å². The van der Waals surface area contributed by atoms with Gasteiger partial charge in [-0.05, 0) is 74.7 Å². The van der Waals surface area contributed by atoms with E-state index in [1.54, 1.807) is 7.11 Å². The van der Waals surface area contributed by atoms with Crippen LogP contribution in [0, 0.1) is 11.8 Å². The number of hydrogen-bond acceptors (Lipinski definition) is 2. The monoisotopic (exact) mass is 343 g/mol. The van der Waals surface area contributed by atoms with Crippen LogP contribution < -0.4 is 4.74 Å². The Morgan fingerprint density at radius 2 is 2.08 bits per heavy atom. The molecule has 0 spiro atoms. The molecule has 25 heavy (non-hydrogen) atoms. The van der Waals surface area contributed by atoms with Crippen molar-refractivity contribution in [2.75, 3.05) is 26.7 Å². The number of likely N-dealkylation sites (tertiary alicyclic amines) is 1. The van der Waals surface area contributed by atoms with Gasteiger partial charge in [0.05, 0.1) is 7.11 Å². The van der Waals surface area contributed by atoms with Crippen molar-refractivity contribution in [1.82, 2.24) is 4.90 Å². The largest absolute Gasteiger partial charge is 0.497 e. The Morgan fingerprint density at radius 1 is 1.24 bits per heavy atom. The van der Waals surface area contributed by atoms with Gasteiger partial charge in [-0.15, -0.1) is 0 Å². The molecule has 2 unspecified atom stereocenters. The first kappa shape index (κ1) is 18.8. The van der Waals surface area contributed by atoms with Gasteiger partial charge in [-0.1, -0.05) is 45.2 Å². The van der Waals surface area contributed by atoms with Gasteiger partial charge in [0.2, 0.25) is 0 Å². The van der Waals surface area contributed by atoms with Crippen molar-refractivity contribution in [3.8, 4) is 5.75 Å². The highest BCUT2D eigenvalue weighted by Crippen LogP contribution is 2.51. The molecule has 1 aliphatic heterocycles. The van der Waals surface area contributed by atoms with Crippen LogP contribution in [0.4, 0.5) is 0 Å². The van der Waals surface area contributed by atoms with Crippen LogP contribution in [0.1, 0.15) is 70.8 Å². The van der Waals surface area contributed by atoms with E-state index in [1.807, 2.05) is 0 Å². The minimum Gasteiger partial charge on any atom is -0.497 e. The second-order valence-electron chi connectivity index (χ2n) is 8.35. The molecule has 1 aromatic carbocycles. The maximum absolute atomic E-state index is 5.50. The van der Waals surface area contributed by atoms with Crippen LogP contribution >= 0.6 is 0 Å². The molecule has 2 atom stereocenters. The molecule has 140 valence electrons. The summed E-state index contributed by atoms with van der Waals surface area (Å²) in [7, 11) is 1.78. The fraction of sp³-hybridized carbons (Fsp3) is 0.739. The molecule has 2 fully saturated rings. The Balaban J connectivity index is 1.61. The summed E-state index contributed by atoms with van der Waals surface area (Å²) in [5.41, 5.74) is 1.95. The average molecular weight is 344 g/mol. The van der Waals surface area contributed by atoms with Crippen LogP contribution in [0.3, 0.4) is 0 Å². The van der Waals surface area contributed by atoms with Gasteiger partial charge in [-0.25, -0.2) is 0 Å². The predicted octanol–water partition coefficient (Wildman–Crippen LogP) is 5.66. The molecule has 0 bridgehead atoms. The van der Waals surface area contributed by atoms with E-state index in [0.29, 0.717) is 5.41 Å². The van der Waals surface area contributed by atoms with Crippen molar-refractivity contribution >= 4 is 0 Å². The van der Waals surface area contributed by atoms with Crippen molar-refractivity contribution in [3.05, 3.63) is 29.8 Å². The van der Waals surface area contributed by atoms with Gasteiger partial charge in [0.25, 0.3) is 0 Å². The van der Waals surface area contributed by atoms with E-state index in [0.717, 1.165) is 17.6 Å². The van der Waals surface area contributed by atoms with Crippen molar-refractivity contribution in [3.63, 3.8) is 0 Å². The number of piperidine rings is 1. The molecule has 1 aliphatic carbocycles. The Morgan fingerprint density at radius 3 is 2.84 bits per heavy atom. The van der Waals surface area contributed by atoms with Crippen molar-refractivity contribution < 1.29 is 4.74 Å². The zero-order valence-electron chi connectivity index (χ0n) is 16.6. The molecule has 1 saturated carbocycles. The van der Waals surface area contributed by atoms with Crippen LogP contribution in [0.25, 0.3) is 0 Å². The quantitative estimate of drug-likeness (QED) is 0.604. The Kier molecular flexibility index (Phi) is 6.44. The van der Waals surface area contributed by atoms with Crippen molar-refractivity contribution in [2.24, 2.45) is 11.8 Å². The summed E-state index contributed by atoms with van der Waals surface area (Å²) >= 11 is 0. The van der Waals surface area contributed by atoms with Gasteiger partial charge >= 0.3 is 0 Å². The Bertz CT molecular complexity index is 539. The zero-order chi connectivity index (χ0) is 17.7. The number of fused-ring (bicyclic) bond motifs is 1. The molecule has 2 aliphatic rings. The first-order chi connectivity index (χ1) is 12.2. The summed E-state index contributed by atoms with van der Waals surface area (Å²) in [5, 5.41) is 0. The van der Waals surface area contributed by atoms with Gasteiger partial charge in [0.1, 0.15) is 5.75 Å². The molecular formula is C23H37NO. The molecule has 3 rings (SSSR count). The molecule has 0 N–H and O–H groups in total. The molecule has 0 aromatic heterocycles. The summed E-state index contributed by atoms with van der Waals surface area (Å²) in [5.74, 6) is 2.79. The lowest BCUT2D eigenvalue weighted by molar-refractivity contribution is 0.108. The van der Waals surface area contributed by atoms with Crippen LogP contribution in [0.2, 0.25) is 0 Å². The van der Waals surface area contributed by atoms with Gasteiger partial charge in [-0.2, -0.15) is 0 Å². The Hall–Kier alpha value is -1.02. The summed E-state index contributed by atoms with van der Waals surface area (Å²) in [4.78, 5) is 2.76. The lowest BCUT2D eigenvalue weighted by Gasteiger charge is -2.45. The molecule has 0 amide bonds. The van der Waals surface area contributed by atoms with Gasteiger partial charge < -0.3 is 9.64 Å². The fourth-order valence-electron chi connectivity index (χ4n) is 5.46.